The van der Waals surface area contributed by atoms with Gasteiger partial charge in [0.05, 0.1) is 25.6 Å². The number of esters is 2. The predicted octanol–water partition coefficient (Wildman–Crippen LogP) is 1.49. The first-order chi connectivity index (χ1) is 10.5. The molecular formula is C13H15N3O6. The van der Waals surface area contributed by atoms with Crippen molar-refractivity contribution in [2.75, 3.05) is 19.6 Å². The molecule has 1 aromatic carbocycles. The van der Waals surface area contributed by atoms with Gasteiger partial charge >= 0.3 is 11.9 Å². The second-order valence-corrected chi connectivity index (χ2v) is 4.01. The van der Waals surface area contributed by atoms with Crippen molar-refractivity contribution < 1.29 is 24.0 Å². The summed E-state index contributed by atoms with van der Waals surface area (Å²) in [5.41, 5.74) is 2.29. The SMILES string of the molecule is COC(=O)CC/C(=N/Nc1ccccc1[N+](=O)[O-])C(=O)OC. The number of para-hydroxylation sites is 2. The van der Waals surface area contributed by atoms with Gasteiger partial charge in [0, 0.05) is 12.5 Å². The smallest absolute Gasteiger partial charge is 0.354 e. The third-order valence-electron chi connectivity index (χ3n) is 2.63. The van der Waals surface area contributed by atoms with Crippen LogP contribution in [0, 0.1) is 10.1 Å². The summed E-state index contributed by atoms with van der Waals surface area (Å²) >= 11 is 0. The van der Waals surface area contributed by atoms with E-state index in [-0.39, 0.29) is 29.9 Å². The lowest BCUT2D eigenvalue weighted by molar-refractivity contribution is -0.384. The van der Waals surface area contributed by atoms with Crippen molar-refractivity contribution in [3.05, 3.63) is 34.4 Å². The number of methoxy groups -OCH3 is 2. The minimum absolute atomic E-state index is 0.0209. The molecule has 0 spiro atoms. The summed E-state index contributed by atoms with van der Waals surface area (Å²) in [7, 11) is 2.39. The fourth-order valence-corrected chi connectivity index (χ4v) is 1.50. The average Bonchev–Trinajstić information content (AvgIpc) is 2.54. The van der Waals surface area contributed by atoms with E-state index < -0.39 is 16.9 Å². The fraction of sp³-hybridized carbons (Fsp3) is 0.308. The fourth-order valence-electron chi connectivity index (χ4n) is 1.50. The summed E-state index contributed by atoms with van der Waals surface area (Å²) in [6.45, 7) is 0. The van der Waals surface area contributed by atoms with Gasteiger partial charge in [-0.1, -0.05) is 12.1 Å². The molecular weight excluding hydrogens is 294 g/mol. The monoisotopic (exact) mass is 309 g/mol. The highest BCUT2D eigenvalue weighted by Gasteiger charge is 2.16. The van der Waals surface area contributed by atoms with E-state index in [0.717, 1.165) is 0 Å². The van der Waals surface area contributed by atoms with E-state index in [1.165, 1.54) is 32.4 Å². The largest absolute Gasteiger partial charge is 0.469 e. The molecule has 0 heterocycles. The van der Waals surface area contributed by atoms with Crippen molar-refractivity contribution in [3.63, 3.8) is 0 Å². The molecule has 0 fully saturated rings. The molecule has 1 rings (SSSR count). The van der Waals surface area contributed by atoms with E-state index in [1.807, 2.05) is 0 Å². The van der Waals surface area contributed by atoms with Crippen LogP contribution in [0.25, 0.3) is 0 Å². The number of nitrogens with one attached hydrogen (secondary N) is 1. The molecule has 22 heavy (non-hydrogen) atoms. The number of nitrogens with zero attached hydrogens (tertiary/aromatic N) is 2. The molecule has 0 bridgehead atoms. The summed E-state index contributed by atoms with van der Waals surface area (Å²) in [5, 5.41) is 14.7. The Hall–Kier alpha value is -2.97. The summed E-state index contributed by atoms with van der Waals surface area (Å²) in [6, 6.07) is 5.82. The molecule has 0 atom stereocenters. The van der Waals surface area contributed by atoms with E-state index in [2.05, 4.69) is 20.0 Å². The summed E-state index contributed by atoms with van der Waals surface area (Å²) in [6.07, 6.45) is -0.0873. The Bertz CT molecular complexity index is 599. The van der Waals surface area contributed by atoms with Crippen molar-refractivity contribution in [1.82, 2.24) is 0 Å². The summed E-state index contributed by atoms with van der Waals surface area (Å²) in [4.78, 5) is 33.0. The van der Waals surface area contributed by atoms with Gasteiger partial charge in [0.1, 0.15) is 11.4 Å². The highest BCUT2D eigenvalue weighted by atomic mass is 16.6. The summed E-state index contributed by atoms with van der Waals surface area (Å²) in [5.74, 6) is -1.25. The van der Waals surface area contributed by atoms with Gasteiger partial charge in [-0.05, 0) is 6.07 Å². The third kappa shape index (κ3) is 4.85. The van der Waals surface area contributed by atoms with Crippen LogP contribution in [0.4, 0.5) is 11.4 Å². The van der Waals surface area contributed by atoms with Crippen LogP contribution in [-0.4, -0.2) is 36.8 Å². The normalized spacial score (nSPS) is 10.7. The van der Waals surface area contributed by atoms with Crippen LogP contribution in [0.3, 0.4) is 0 Å². The Balaban J connectivity index is 2.91. The number of ether oxygens (including phenoxy) is 2. The van der Waals surface area contributed by atoms with Gasteiger partial charge in [0.15, 0.2) is 0 Å². The predicted molar refractivity (Wildman–Crippen MR) is 77.4 cm³/mol. The van der Waals surface area contributed by atoms with Gasteiger partial charge in [0.2, 0.25) is 0 Å². The molecule has 1 N–H and O–H groups in total. The number of hydrogen-bond donors (Lipinski definition) is 1. The van der Waals surface area contributed by atoms with Gasteiger partial charge in [-0.25, -0.2) is 4.79 Å². The molecule has 9 nitrogen and oxygen atoms in total. The van der Waals surface area contributed by atoms with Crippen LogP contribution in [0.2, 0.25) is 0 Å². The maximum absolute atomic E-state index is 11.6. The number of carbonyl (C=O) groups excluding carboxylic acids is 2. The molecule has 0 radical (unpaired) electrons. The van der Waals surface area contributed by atoms with Crippen molar-refractivity contribution in [2.24, 2.45) is 5.10 Å². The maximum atomic E-state index is 11.6. The van der Waals surface area contributed by atoms with Gasteiger partial charge in [-0.2, -0.15) is 5.10 Å². The Morgan fingerprint density at radius 1 is 1.23 bits per heavy atom. The van der Waals surface area contributed by atoms with Crippen molar-refractivity contribution in [2.45, 2.75) is 12.8 Å². The zero-order valence-corrected chi connectivity index (χ0v) is 12.1. The van der Waals surface area contributed by atoms with Crippen LogP contribution >= 0.6 is 0 Å². The number of anilines is 1. The molecule has 0 unspecified atom stereocenters. The Kier molecular flexibility index (Phi) is 6.48. The number of rotatable bonds is 7. The zero-order chi connectivity index (χ0) is 16.5. The standard InChI is InChI=1S/C13H15N3O6/c1-21-12(17)8-7-10(13(18)22-2)15-14-9-5-3-4-6-11(9)16(19)20/h3-6,14H,7-8H2,1-2H3/b15-10-. The molecule has 9 heteroatoms. The zero-order valence-electron chi connectivity index (χ0n) is 12.1. The van der Waals surface area contributed by atoms with E-state index in [4.69, 9.17) is 0 Å². The molecule has 0 saturated heterocycles. The van der Waals surface area contributed by atoms with E-state index >= 15 is 0 Å². The molecule has 0 aliphatic heterocycles. The highest BCUT2D eigenvalue weighted by Crippen LogP contribution is 2.23. The van der Waals surface area contributed by atoms with Crippen LogP contribution in [0.15, 0.2) is 29.4 Å². The number of benzene rings is 1. The van der Waals surface area contributed by atoms with E-state index in [1.54, 1.807) is 6.07 Å². The molecule has 0 saturated carbocycles. The van der Waals surface area contributed by atoms with Crippen molar-refractivity contribution >= 4 is 29.0 Å². The van der Waals surface area contributed by atoms with Crippen LogP contribution in [0.1, 0.15) is 12.8 Å². The third-order valence-corrected chi connectivity index (χ3v) is 2.63. The molecule has 0 aromatic heterocycles. The average molecular weight is 309 g/mol. The molecule has 0 aliphatic carbocycles. The molecule has 1 aromatic rings. The maximum Gasteiger partial charge on any atom is 0.354 e. The minimum atomic E-state index is -0.741. The lowest BCUT2D eigenvalue weighted by Gasteiger charge is -2.06. The Morgan fingerprint density at radius 3 is 2.50 bits per heavy atom. The molecule has 118 valence electrons. The van der Waals surface area contributed by atoms with Gasteiger partial charge in [0.25, 0.3) is 5.69 Å². The number of carbonyl (C=O) groups is 2. The first-order valence-electron chi connectivity index (χ1n) is 6.20. The number of hydrazone groups is 1. The van der Waals surface area contributed by atoms with Crippen LogP contribution < -0.4 is 5.43 Å². The van der Waals surface area contributed by atoms with E-state index in [9.17, 15) is 19.7 Å². The number of hydrogen-bond acceptors (Lipinski definition) is 8. The number of nitro groups is 1. The minimum Gasteiger partial charge on any atom is -0.469 e. The first-order valence-corrected chi connectivity index (χ1v) is 6.20. The van der Waals surface area contributed by atoms with Gasteiger partial charge in [-0.3, -0.25) is 20.3 Å². The Morgan fingerprint density at radius 2 is 1.91 bits per heavy atom. The Labute approximate surface area is 126 Å². The topological polar surface area (TPSA) is 120 Å². The van der Waals surface area contributed by atoms with Crippen molar-refractivity contribution in [3.8, 4) is 0 Å². The van der Waals surface area contributed by atoms with Gasteiger partial charge < -0.3 is 9.47 Å². The lowest BCUT2D eigenvalue weighted by Crippen LogP contribution is -2.19. The first kappa shape index (κ1) is 17.1. The van der Waals surface area contributed by atoms with Crippen molar-refractivity contribution in [1.29, 1.82) is 0 Å². The van der Waals surface area contributed by atoms with Crippen LogP contribution in [-0.2, 0) is 19.1 Å². The van der Waals surface area contributed by atoms with E-state index in [0.29, 0.717) is 0 Å². The van der Waals surface area contributed by atoms with Crippen LogP contribution in [0.5, 0.6) is 0 Å². The number of nitro benzene ring substituents is 1. The van der Waals surface area contributed by atoms with Gasteiger partial charge in [-0.15, -0.1) is 0 Å². The molecule has 0 amide bonds. The second kappa shape index (κ2) is 8.35. The molecule has 0 aliphatic rings. The lowest BCUT2D eigenvalue weighted by atomic mass is 10.2. The highest BCUT2D eigenvalue weighted by molar-refractivity contribution is 6.36. The quantitative estimate of drug-likeness (QED) is 0.350. The second-order valence-electron chi connectivity index (χ2n) is 4.01. The summed E-state index contributed by atoms with van der Waals surface area (Å²) < 4.78 is 9.02.